The third kappa shape index (κ3) is 4.17. The molecule has 0 aliphatic rings. The predicted molar refractivity (Wildman–Crippen MR) is 101 cm³/mol. The molecule has 4 nitrogen and oxygen atoms in total. The average molecular weight is 355 g/mol. The van der Waals surface area contributed by atoms with Gasteiger partial charge in [0.2, 0.25) is 0 Å². The van der Waals surface area contributed by atoms with E-state index in [0.717, 1.165) is 46.4 Å². The molecule has 0 aliphatic heterocycles. The maximum absolute atomic E-state index is 10.9. The van der Waals surface area contributed by atoms with Gasteiger partial charge in [-0.25, -0.2) is 4.98 Å². The van der Waals surface area contributed by atoms with Gasteiger partial charge >= 0.3 is 5.97 Å². The van der Waals surface area contributed by atoms with Gasteiger partial charge in [-0.2, -0.15) is 0 Å². The van der Waals surface area contributed by atoms with E-state index in [2.05, 4.69) is 30.1 Å². The number of nitrogens with zero attached hydrogens (tertiary/aromatic N) is 1. The van der Waals surface area contributed by atoms with Gasteiger partial charge in [0.25, 0.3) is 0 Å². The number of ether oxygens (including phenoxy) is 1. The molecule has 0 spiro atoms. The minimum absolute atomic E-state index is 0.0616. The molecular formula is C20H21NO3S. The molecule has 0 saturated heterocycles. The van der Waals surface area contributed by atoms with Crippen molar-refractivity contribution in [2.45, 2.75) is 32.6 Å². The van der Waals surface area contributed by atoms with E-state index in [1.165, 1.54) is 11.3 Å². The zero-order valence-corrected chi connectivity index (χ0v) is 15.0. The summed E-state index contributed by atoms with van der Waals surface area (Å²) in [7, 11) is 0. The van der Waals surface area contributed by atoms with E-state index >= 15 is 0 Å². The van der Waals surface area contributed by atoms with Crippen molar-refractivity contribution in [2.75, 3.05) is 6.61 Å². The molecule has 0 fully saturated rings. The Morgan fingerprint density at radius 3 is 2.84 bits per heavy atom. The van der Waals surface area contributed by atoms with Crippen LogP contribution in [0.1, 0.15) is 31.9 Å². The number of benzene rings is 2. The van der Waals surface area contributed by atoms with Gasteiger partial charge in [-0.15, -0.1) is 11.3 Å². The van der Waals surface area contributed by atoms with Crippen molar-refractivity contribution in [1.29, 1.82) is 0 Å². The fourth-order valence-electron chi connectivity index (χ4n) is 2.78. The average Bonchev–Trinajstić information content (AvgIpc) is 3.05. The minimum Gasteiger partial charge on any atom is -0.493 e. The summed E-state index contributed by atoms with van der Waals surface area (Å²) in [6.07, 6.45) is 3.25. The fraction of sp³-hybridized carbons (Fsp3) is 0.300. The monoisotopic (exact) mass is 355 g/mol. The molecule has 0 amide bonds. The van der Waals surface area contributed by atoms with Gasteiger partial charge in [0.05, 0.1) is 24.3 Å². The molecule has 1 heterocycles. The summed E-state index contributed by atoms with van der Waals surface area (Å²) in [5.74, 6) is -0.0585. The van der Waals surface area contributed by atoms with E-state index in [-0.39, 0.29) is 6.42 Å². The van der Waals surface area contributed by atoms with Crippen LogP contribution >= 0.6 is 11.3 Å². The Morgan fingerprint density at radius 1 is 1.20 bits per heavy atom. The predicted octanol–water partition coefficient (Wildman–Crippen LogP) is 5.16. The van der Waals surface area contributed by atoms with Crippen LogP contribution in [0.15, 0.2) is 41.8 Å². The lowest BCUT2D eigenvalue weighted by Gasteiger charge is -2.13. The van der Waals surface area contributed by atoms with Crippen LogP contribution in [0, 0.1) is 0 Å². The lowest BCUT2D eigenvalue weighted by atomic mass is 10.0. The Bertz CT molecular complexity index is 872. The molecular weight excluding hydrogens is 334 g/mol. The molecule has 0 aliphatic carbocycles. The van der Waals surface area contributed by atoms with Gasteiger partial charge in [-0.05, 0) is 23.3 Å². The van der Waals surface area contributed by atoms with Crippen molar-refractivity contribution in [3.63, 3.8) is 0 Å². The van der Waals surface area contributed by atoms with Crippen LogP contribution in [-0.4, -0.2) is 22.7 Å². The number of thiazole rings is 1. The smallest absolute Gasteiger partial charge is 0.309 e. The molecule has 0 radical (unpaired) electrons. The number of aliphatic carboxylic acids is 1. The number of hydrogen-bond acceptors (Lipinski definition) is 4. The zero-order chi connectivity index (χ0) is 17.6. The third-order valence-electron chi connectivity index (χ3n) is 3.99. The highest BCUT2D eigenvalue weighted by Gasteiger charge is 2.16. The van der Waals surface area contributed by atoms with E-state index in [9.17, 15) is 4.79 Å². The van der Waals surface area contributed by atoms with Gasteiger partial charge in [0, 0.05) is 5.38 Å². The van der Waals surface area contributed by atoms with Gasteiger partial charge in [-0.3, -0.25) is 4.79 Å². The molecule has 3 rings (SSSR count). The minimum atomic E-state index is -0.870. The number of aromatic nitrogens is 1. The van der Waals surface area contributed by atoms with E-state index < -0.39 is 5.97 Å². The first-order valence-corrected chi connectivity index (χ1v) is 9.38. The first-order chi connectivity index (χ1) is 12.2. The second kappa shape index (κ2) is 8.12. The summed E-state index contributed by atoms with van der Waals surface area (Å²) in [5, 5.41) is 13.8. The maximum atomic E-state index is 10.9. The highest BCUT2D eigenvalue weighted by atomic mass is 32.1. The SMILES string of the molecule is CCCCCOc1ccc2ccccc2c1-c1nc(CC(=O)O)cs1. The van der Waals surface area contributed by atoms with E-state index in [0.29, 0.717) is 12.3 Å². The quantitative estimate of drug-likeness (QED) is 0.567. The number of rotatable bonds is 8. The number of carbonyl (C=O) groups is 1. The number of hydrogen-bond donors (Lipinski definition) is 1. The van der Waals surface area contributed by atoms with Gasteiger partial charge in [-0.1, -0.05) is 50.1 Å². The molecule has 2 aromatic carbocycles. The van der Waals surface area contributed by atoms with Crippen molar-refractivity contribution in [2.24, 2.45) is 0 Å². The van der Waals surface area contributed by atoms with Crippen LogP contribution < -0.4 is 4.74 Å². The van der Waals surface area contributed by atoms with E-state index in [1.807, 2.05) is 23.6 Å². The molecule has 1 aromatic heterocycles. The molecule has 0 saturated carbocycles. The largest absolute Gasteiger partial charge is 0.493 e. The molecule has 5 heteroatoms. The highest BCUT2D eigenvalue weighted by Crippen LogP contribution is 2.38. The molecule has 25 heavy (non-hydrogen) atoms. The normalized spacial score (nSPS) is 10.9. The van der Waals surface area contributed by atoms with Crippen LogP contribution in [-0.2, 0) is 11.2 Å². The fourth-order valence-corrected chi connectivity index (χ4v) is 3.67. The number of fused-ring (bicyclic) bond motifs is 1. The van der Waals surface area contributed by atoms with E-state index in [1.54, 1.807) is 0 Å². The summed E-state index contributed by atoms with van der Waals surface area (Å²) in [6, 6.07) is 12.2. The molecule has 0 unspecified atom stereocenters. The third-order valence-corrected chi connectivity index (χ3v) is 4.90. The first kappa shape index (κ1) is 17.4. The van der Waals surface area contributed by atoms with E-state index in [4.69, 9.17) is 9.84 Å². The molecule has 3 aromatic rings. The Balaban J connectivity index is 2.00. The van der Waals surface area contributed by atoms with Crippen LogP contribution in [0.2, 0.25) is 0 Å². The number of unbranched alkanes of at least 4 members (excludes halogenated alkanes) is 2. The van der Waals surface area contributed by atoms with Gasteiger partial charge in [0.1, 0.15) is 10.8 Å². The summed E-state index contributed by atoms with van der Waals surface area (Å²) in [6.45, 7) is 2.84. The summed E-state index contributed by atoms with van der Waals surface area (Å²) >= 11 is 1.46. The lowest BCUT2D eigenvalue weighted by molar-refractivity contribution is -0.136. The lowest BCUT2D eigenvalue weighted by Crippen LogP contribution is -2.01. The summed E-state index contributed by atoms with van der Waals surface area (Å²) < 4.78 is 6.04. The Morgan fingerprint density at radius 2 is 2.04 bits per heavy atom. The van der Waals surface area contributed by atoms with Crippen molar-refractivity contribution in [1.82, 2.24) is 4.98 Å². The molecule has 0 bridgehead atoms. The van der Waals surface area contributed by atoms with Crippen LogP contribution in [0.25, 0.3) is 21.3 Å². The van der Waals surface area contributed by atoms with Crippen LogP contribution in [0.4, 0.5) is 0 Å². The highest BCUT2D eigenvalue weighted by molar-refractivity contribution is 7.13. The zero-order valence-electron chi connectivity index (χ0n) is 14.2. The second-order valence-electron chi connectivity index (χ2n) is 5.93. The molecule has 1 N–H and O–H groups in total. The first-order valence-electron chi connectivity index (χ1n) is 8.50. The standard InChI is InChI=1S/C20H21NO3S/c1-2-3-6-11-24-17-10-9-14-7-4-5-8-16(14)19(17)20-21-15(13-25-20)12-18(22)23/h4-5,7-10,13H,2-3,6,11-12H2,1H3,(H,22,23). The molecule has 0 atom stereocenters. The topological polar surface area (TPSA) is 59.4 Å². The van der Waals surface area contributed by atoms with Crippen molar-refractivity contribution in [3.8, 4) is 16.3 Å². The second-order valence-corrected chi connectivity index (χ2v) is 6.79. The Hall–Kier alpha value is -2.40. The Kier molecular flexibility index (Phi) is 5.66. The Labute approximate surface area is 151 Å². The van der Waals surface area contributed by atoms with Crippen LogP contribution in [0.5, 0.6) is 5.75 Å². The number of carboxylic acid groups (broad SMARTS) is 1. The summed E-state index contributed by atoms with van der Waals surface area (Å²) in [5.41, 5.74) is 1.54. The van der Waals surface area contributed by atoms with Crippen molar-refractivity contribution >= 4 is 28.1 Å². The van der Waals surface area contributed by atoms with Crippen molar-refractivity contribution < 1.29 is 14.6 Å². The number of carboxylic acids is 1. The van der Waals surface area contributed by atoms with Gasteiger partial charge in [0.15, 0.2) is 0 Å². The van der Waals surface area contributed by atoms with Crippen LogP contribution in [0.3, 0.4) is 0 Å². The van der Waals surface area contributed by atoms with Gasteiger partial charge < -0.3 is 9.84 Å². The summed E-state index contributed by atoms with van der Waals surface area (Å²) in [4.78, 5) is 15.5. The van der Waals surface area contributed by atoms with Crippen molar-refractivity contribution in [3.05, 3.63) is 47.5 Å². The molecule has 130 valence electrons. The maximum Gasteiger partial charge on any atom is 0.309 e.